The number of carboxylic acid groups (broad SMARTS) is 4. The van der Waals surface area contributed by atoms with E-state index in [1.807, 2.05) is 0 Å². The minimum Gasteiger partial charge on any atom is -0.549 e. The Hall–Kier alpha value is 0.720. The Kier molecular flexibility index (Phi) is 36.8. The second-order valence-electron chi connectivity index (χ2n) is 3.93. The molecule has 15 heteroatoms. The largest absolute Gasteiger partial charge is 1.00 e. The van der Waals surface area contributed by atoms with Gasteiger partial charge in [0.1, 0.15) is 0 Å². The van der Waals surface area contributed by atoms with Crippen molar-refractivity contribution in [1.29, 1.82) is 0 Å². The van der Waals surface area contributed by atoms with Gasteiger partial charge in [0, 0.05) is 32.7 Å². The van der Waals surface area contributed by atoms with E-state index in [1.165, 1.54) is 0 Å². The van der Waals surface area contributed by atoms with Gasteiger partial charge < -0.3 is 45.8 Å². The topological polar surface area (TPSA) is 227 Å². The van der Waals surface area contributed by atoms with E-state index in [-0.39, 0.29) is 113 Å². The first kappa shape index (κ1) is 40.4. The molecule has 0 atom stereocenters. The number of hydrogen-bond acceptors (Lipinski definition) is 9. The molecule has 0 aliphatic rings. The molecule has 130 valence electrons. The van der Waals surface area contributed by atoms with Gasteiger partial charge in [-0.05, 0) is 0 Å². The molecule has 0 rings (SSSR count). The number of carboxylic acids is 4. The molecule has 0 aromatic carbocycles. The van der Waals surface area contributed by atoms with Crippen LogP contribution in [0.1, 0.15) is 0 Å². The number of hydrogen-bond donors (Lipinski definition) is 1. The molecular formula is C10H17N2Na3O10. The molecule has 0 saturated heterocycles. The summed E-state index contributed by atoms with van der Waals surface area (Å²) in [6.07, 6.45) is 0. The molecule has 0 amide bonds. The average Bonchev–Trinajstić information content (AvgIpc) is 2.22. The fourth-order valence-corrected chi connectivity index (χ4v) is 1.45. The molecule has 0 radical (unpaired) electrons. The maximum absolute atomic E-state index is 10.5. The van der Waals surface area contributed by atoms with Gasteiger partial charge in [-0.1, -0.05) is 0 Å². The van der Waals surface area contributed by atoms with Crippen molar-refractivity contribution in [2.45, 2.75) is 0 Å². The van der Waals surface area contributed by atoms with Crippen LogP contribution >= 0.6 is 0 Å². The van der Waals surface area contributed by atoms with Crippen molar-refractivity contribution in [2.24, 2.45) is 0 Å². The first-order valence-electron chi connectivity index (χ1n) is 5.46. The molecule has 0 spiro atoms. The summed E-state index contributed by atoms with van der Waals surface area (Å²) >= 11 is 0. The molecule has 5 N–H and O–H groups in total. The minimum absolute atomic E-state index is 0. The van der Waals surface area contributed by atoms with E-state index in [4.69, 9.17) is 5.11 Å². The summed E-state index contributed by atoms with van der Waals surface area (Å²) in [6, 6.07) is 0. The van der Waals surface area contributed by atoms with Gasteiger partial charge in [-0.25, -0.2) is 0 Å². The zero-order valence-corrected chi connectivity index (χ0v) is 20.4. The van der Waals surface area contributed by atoms with E-state index in [2.05, 4.69) is 0 Å². The van der Waals surface area contributed by atoms with Crippen molar-refractivity contribution in [3.8, 4) is 0 Å². The summed E-state index contributed by atoms with van der Waals surface area (Å²) < 4.78 is 0. The van der Waals surface area contributed by atoms with Crippen LogP contribution in [0.15, 0.2) is 0 Å². The Balaban J connectivity index is -0.000000180. The van der Waals surface area contributed by atoms with Crippen molar-refractivity contribution in [3.05, 3.63) is 0 Å². The molecule has 0 heterocycles. The number of aliphatic carboxylic acids is 4. The predicted molar refractivity (Wildman–Crippen MR) is 62.8 cm³/mol. The summed E-state index contributed by atoms with van der Waals surface area (Å²) in [5.41, 5.74) is 0. The maximum atomic E-state index is 10.5. The molecule has 12 nitrogen and oxygen atoms in total. The summed E-state index contributed by atoms with van der Waals surface area (Å²) in [5, 5.41) is 39.8. The summed E-state index contributed by atoms with van der Waals surface area (Å²) in [4.78, 5) is 43.7. The quantitative estimate of drug-likeness (QED) is 0.325. The van der Waals surface area contributed by atoms with Crippen molar-refractivity contribution in [2.75, 3.05) is 39.3 Å². The smallest absolute Gasteiger partial charge is 0.549 e. The van der Waals surface area contributed by atoms with Gasteiger partial charge in [0.2, 0.25) is 0 Å². The standard InChI is InChI=1S/C10H16N2O8.3Na.2H2O/c13-7(14)3-11(4-8(15)16)1-2-12(5-9(17)18)6-10(19)20;;;;;/h1-6H2,(H,13,14)(H,15,16)(H,17,18)(H,19,20);;;;2*1H2/q;3*+1;;/p-3. The van der Waals surface area contributed by atoms with Gasteiger partial charge in [0.05, 0.1) is 24.5 Å². The van der Waals surface area contributed by atoms with Crippen LogP contribution < -0.4 is 104 Å². The molecule has 0 aromatic rings. The van der Waals surface area contributed by atoms with Crippen molar-refractivity contribution in [3.63, 3.8) is 0 Å². The van der Waals surface area contributed by atoms with Gasteiger partial charge in [0.25, 0.3) is 0 Å². The van der Waals surface area contributed by atoms with E-state index in [0.29, 0.717) is 0 Å². The molecule has 0 aliphatic heterocycles. The monoisotopic (exact) mass is 394 g/mol. The second-order valence-corrected chi connectivity index (χ2v) is 3.93. The van der Waals surface area contributed by atoms with Crippen LogP contribution in [0.5, 0.6) is 0 Å². The third-order valence-electron chi connectivity index (χ3n) is 2.15. The Morgan fingerprint density at radius 1 is 0.640 bits per heavy atom. The molecular weight excluding hydrogens is 377 g/mol. The van der Waals surface area contributed by atoms with E-state index in [9.17, 15) is 34.5 Å². The molecule has 0 fully saturated rings. The molecule has 0 saturated carbocycles. The number of nitrogens with zero attached hydrogens (tertiary/aromatic N) is 2. The first-order chi connectivity index (χ1) is 9.20. The minimum atomic E-state index is -1.52. The van der Waals surface area contributed by atoms with Crippen LogP contribution in [-0.2, 0) is 19.2 Å². The number of carbonyl (C=O) groups is 4. The zero-order chi connectivity index (χ0) is 15.7. The van der Waals surface area contributed by atoms with Crippen LogP contribution in [0.3, 0.4) is 0 Å². The van der Waals surface area contributed by atoms with E-state index >= 15 is 0 Å². The summed E-state index contributed by atoms with van der Waals surface area (Å²) in [6.45, 7) is -3.00. The van der Waals surface area contributed by atoms with E-state index in [0.717, 1.165) is 9.80 Å². The molecule has 0 bridgehead atoms. The molecule has 0 aromatic heterocycles. The van der Waals surface area contributed by atoms with Crippen LogP contribution in [-0.4, -0.2) is 89.0 Å². The molecule has 0 unspecified atom stereocenters. The molecule has 0 aliphatic carbocycles. The van der Waals surface area contributed by atoms with Crippen molar-refractivity contribution < 1.29 is 139 Å². The molecule has 25 heavy (non-hydrogen) atoms. The summed E-state index contributed by atoms with van der Waals surface area (Å²) in [7, 11) is 0. The van der Waals surface area contributed by atoms with Crippen LogP contribution in [0, 0.1) is 0 Å². The van der Waals surface area contributed by atoms with E-state index < -0.39 is 50.1 Å². The summed E-state index contributed by atoms with van der Waals surface area (Å²) in [5.74, 6) is -5.82. The maximum Gasteiger partial charge on any atom is 1.00 e. The normalized spacial score (nSPS) is 8.56. The fraction of sp³-hybridized carbons (Fsp3) is 0.600. The van der Waals surface area contributed by atoms with Crippen LogP contribution in [0.4, 0.5) is 0 Å². The Labute approximate surface area is 210 Å². The Bertz CT molecular complexity index is 331. The van der Waals surface area contributed by atoms with Crippen molar-refractivity contribution >= 4 is 23.9 Å². The van der Waals surface area contributed by atoms with Gasteiger partial charge in [-0.2, -0.15) is 0 Å². The van der Waals surface area contributed by atoms with Crippen molar-refractivity contribution in [1.82, 2.24) is 9.80 Å². The second kappa shape index (κ2) is 22.8. The van der Waals surface area contributed by atoms with Crippen LogP contribution in [0.25, 0.3) is 0 Å². The number of carbonyl (C=O) groups excluding carboxylic acids is 3. The van der Waals surface area contributed by atoms with E-state index in [1.54, 1.807) is 0 Å². The fourth-order valence-electron chi connectivity index (χ4n) is 1.45. The van der Waals surface area contributed by atoms with Gasteiger partial charge in [0.15, 0.2) is 0 Å². The van der Waals surface area contributed by atoms with Gasteiger partial charge in [-0.3, -0.25) is 14.6 Å². The Morgan fingerprint density at radius 3 is 1.08 bits per heavy atom. The zero-order valence-electron chi connectivity index (χ0n) is 14.4. The third kappa shape index (κ3) is 27.0. The number of rotatable bonds is 11. The Morgan fingerprint density at radius 2 is 0.880 bits per heavy atom. The first-order valence-corrected chi connectivity index (χ1v) is 5.46. The van der Waals surface area contributed by atoms with Crippen LogP contribution in [0.2, 0.25) is 0 Å². The average molecular weight is 394 g/mol. The van der Waals surface area contributed by atoms with Gasteiger partial charge in [-0.15, -0.1) is 0 Å². The SMILES string of the molecule is O.O.O=C([O-])CN(CCN(CC(=O)[O-])CC(=O)O)CC(=O)[O-].[Na+].[Na+].[Na+]. The predicted octanol–water partition coefficient (Wildman–Crippen LogP) is -16.7. The third-order valence-corrected chi connectivity index (χ3v) is 2.15. The van der Waals surface area contributed by atoms with Gasteiger partial charge >= 0.3 is 94.6 Å².